The molecule has 1 N–H and O–H groups in total. The molecule has 4 rings (SSSR count). The normalized spacial score (nSPS) is 13.7. The Hall–Kier alpha value is -3.89. The van der Waals surface area contributed by atoms with Gasteiger partial charge >= 0.3 is 12.1 Å². The lowest BCUT2D eigenvalue weighted by molar-refractivity contribution is -0.143. The van der Waals surface area contributed by atoms with Crippen molar-refractivity contribution in [3.63, 3.8) is 0 Å². The van der Waals surface area contributed by atoms with Crippen LogP contribution in [-0.4, -0.2) is 46.3 Å². The van der Waals surface area contributed by atoms with Gasteiger partial charge in [-0.05, 0) is 56.2 Å². The fourth-order valence-electron chi connectivity index (χ4n) is 3.72. The van der Waals surface area contributed by atoms with E-state index in [1.165, 1.54) is 37.4 Å². The van der Waals surface area contributed by atoms with Gasteiger partial charge in [0.2, 0.25) is 0 Å². The first-order valence-corrected chi connectivity index (χ1v) is 10.7. The molecular formula is C23H22F3N5O3. The maximum absolute atomic E-state index is 13.7. The second-order valence-corrected chi connectivity index (χ2v) is 7.64. The van der Waals surface area contributed by atoms with Gasteiger partial charge in [-0.25, -0.2) is 14.5 Å². The zero-order chi connectivity index (χ0) is 24.3. The van der Waals surface area contributed by atoms with E-state index in [9.17, 15) is 22.8 Å². The second-order valence-electron chi connectivity index (χ2n) is 7.64. The van der Waals surface area contributed by atoms with E-state index < -0.39 is 29.3 Å². The molecule has 178 valence electrons. The molecule has 0 aliphatic carbocycles. The monoisotopic (exact) mass is 473 g/mol. The van der Waals surface area contributed by atoms with E-state index >= 15 is 0 Å². The molecule has 1 aromatic carbocycles. The van der Waals surface area contributed by atoms with Crippen LogP contribution in [0.3, 0.4) is 0 Å². The maximum atomic E-state index is 13.7. The number of amides is 1. The Labute approximate surface area is 193 Å². The summed E-state index contributed by atoms with van der Waals surface area (Å²) < 4.78 is 46.3. The SMILES string of the molecule is CCOC(=O)c1cnn(-c2ccc(NC(=O)c3ccc(N4CCCC4)nc3)cc2)c1C(F)(F)F. The summed E-state index contributed by atoms with van der Waals surface area (Å²) in [5.74, 6) is -0.678. The molecule has 1 aliphatic heterocycles. The van der Waals surface area contributed by atoms with Crippen LogP contribution in [0.5, 0.6) is 0 Å². The number of nitrogens with one attached hydrogen (secondary N) is 1. The molecular weight excluding hydrogens is 451 g/mol. The highest BCUT2D eigenvalue weighted by Gasteiger charge is 2.41. The standard InChI is InChI=1S/C23H22F3N5O3/c1-2-34-22(33)18-14-28-31(20(18)23(24,25)26)17-8-6-16(7-9-17)29-21(32)15-5-10-19(27-13-15)30-11-3-4-12-30/h5-10,13-14H,2-4,11-12H2,1H3,(H,29,32). The molecule has 3 aromatic rings. The number of alkyl halides is 3. The van der Waals surface area contributed by atoms with E-state index in [1.54, 1.807) is 12.1 Å². The quantitative estimate of drug-likeness (QED) is 0.537. The molecule has 2 aromatic heterocycles. The Bertz CT molecular complexity index is 1170. The molecule has 34 heavy (non-hydrogen) atoms. The smallest absolute Gasteiger partial charge is 0.434 e. The van der Waals surface area contributed by atoms with E-state index in [-0.39, 0.29) is 12.3 Å². The molecule has 11 heteroatoms. The van der Waals surface area contributed by atoms with E-state index in [0.717, 1.165) is 37.9 Å². The molecule has 1 fully saturated rings. The molecule has 8 nitrogen and oxygen atoms in total. The van der Waals surface area contributed by atoms with Crippen LogP contribution >= 0.6 is 0 Å². The van der Waals surface area contributed by atoms with Gasteiger partial charge in [-0.15, -0.1) is 0 Å². The van der Waals surface area contributed by atoms with Crippen molar-refractivity contribution < 1.29 is 27.5 Å². The number of pyridine rings is 1. The molecule has 1 aliphatic rings. The minimum Gasteiger partial charge on any atom is -0.462 e. The summed E-state index contributed by atoms with van der Waals surface area (Å²) in [5.41, 5.74) is -1.10. The Morgan fingerprint density at radius 2 is 1.76 bits per heavy atom. The zero-order valence-corrected chi connectivity index (χ0v) is 18.3. The molecule has 0 spiro atoms. The first-order chi connectivity index (χ1) is 16.3. The second kappa shape index (κ2) is 9.54. The van der Waals surface area contributed by atoms with Gasteiger partial charge < -0.3 is 15.0 Å². The van der Waals surface area contributed by atoms with Crippen LogP contribution in [0.25, 0.3) is 5.69 Å². The number of rotatable bonds is 6. The summed E-state index contributed by atoms with van der Waals surface area (Å²) >= 11 is 0. The Morgan fingerprint density at radius 1 is 1.06 bits per heavy atom. The number of carbonyl (C=O) groups excluding carboxylic acids is 2. The van der Waals surface area contributed by atoms with Crippen LogP contribution < -0.4 is 10.2 Å². The third-order valence-electron chi connectivity index (χ3n) is 5.34. The molecule has 3 heterocycles. The van der Waals surface area contributed by atoms with Crippen molar-refractivity contribution in [1.82, 2.24) is 14.8 Å². The van der Waals surface area contributed by atoms with Gasteiger partial charge in [0.05, 0.1) is 24.1 Å². The van der Waals surface area contributed by atoms with Gasteiger partial charge in [0.1, 0.15) is 11.4 Å². The topological polar surface area (TPSA) is 89.3 Å². The third kappa shape index (κ3) is 4.87. The van der Waals surface area contributed by atoms with Gasteiger partial charge in [0.15, 0.2) is 5.69 Å². The average Bonchev–Trinajstić information content (AvgIpc) is 3.50. The average molecular weight is 473 g/mol. The van der Waals surface area contributed by atoms with Crippen molar-refractivity contribution in [2.75, 3.05) is 29.9 Å². The number of halogens is 3. The zero-order valence-electron chi connectivity index (χ0n) is 18.3. The predicted octanol–water partition coefficient (Wildman–Crippen LogP) is 4.32. The lowest BCUT2D eigenvalue weighted by Crippen LogP contribution is -2.19. The van der Waals surface area contributed by atoms with Crippen LogP contribution in [-0.2, 0) is 10.9 Å². The minimum absolute atomic E-state index is 0.0633. The fourth-order valence-corrected chi connectivity index (χ4v) is 3.72. The van der Waals surface area contributed by atoms with Crippen molar-refractivity contribution in [3.8, 4) is 5.69 Å². The summed E-state index contributed by atoms with van der Waals surface area (Å²) in [7, 11) is 0. The lowest BCUT2D eigenvalue weighted by Gasteiger charge is -2.16. The van der Waals surface area contributed by atoms with Gasteiger partial charge in [-0.2, -0.15) is 18.3 Å². The third-order valence-corrected chi connectivity index (χ3v) is 5.34. The highest BCUT2D eigenvalue weighted by molar-refractivity contribution is 6.04. The summed E-state index contributed by atoms with van der Waals surface area (Å²) in [6, 6.07) is 9.10. The molecule has 1 saturated heterocycles. The van der Waals surface area contributed by atoms with Crippen molar-refractivity contribution in [1.29, 1.82) is 0 Å². The highest BCUT2D eigenvalue weighted by atomic mass is 19.4. The Kier molecular flexibility index (Phi) is 6.53. The van der Waals surface area contributed by atoms with E-state index in [1.807, 2.05) is 0 Å². The first kappa shape index (κ1) is 23.3. The van der Waals surface area contributed by atoms with Crippen LogP contribution in [0.15, 0.2) is 48.8 Å². The Morgan fingerprint density at radius 3 is 2.35 bits per heavy atom. The maximum Gasteiger partial charge on any atom is 0.434 e. The van der Waals surface area contributed by atoms with Crippen LogP contribution in [0.1, 0.15) is 46.2 Å². The molecule has 0 unspecified atom stereocenters. The number of hydrogen-bond acceptors (Lipinski definition) is 6. The lowest BCUT2D eigenvalue weighted by atomic mass is 10.2. The summed E-state index contributed by atoms with van der Waals surface area (Å²) in [6.07, 6.45) is -0.275. The summed E-state index contributed by atoms with van der Waals surface area (Å²) in [6.45, 7) is 3.32. The van der Waals surface area contributed by atoms with Crippen molar-refractivity contribution in [2.24, 2.45) is 0 Å². The number of aromatic nitrogens is 3. The number of anilines is 2. The van der Waals surface area contributed by atoms with Gasteiger partial charge in [-0.1, -0.05) is 0 Å². The van der Waals surface area contributed by atoms with Crippen LogP contribution in [0.4, 0.5) is 24.7 Å². The minimum atomic E-state index is -4.83. The summed E-state index contributed by atoms with van der Waals surface area (Å²) in [5, 5.41) is 6.42. The van der Waals surface area contributed by atoms with E-state index in [0.29, 0.717) is 15.9 Å². The molecule has 0 bridgehead atoms. The van der Waals surface area contributed by atoms with E-state index in [2.05, 4.69) is 20.3 Å². The van der Waals surface area contributed by atoms with Gasteiger partial charge in [0, 0.05) is 25.0 Å². The van der Waals surface area contributed by atoms with Crippen LogP contribution in [0, 0.1) is 0 Å². The number of esters is 1. The van der Waals surface area contributed by atoms with Crippen molar-refractivity contribution >= 4 is 23.4 Å². The molecule has 0 saturated carbocycles. The number of hydrogen-bond donors (Lipinski definition) is 1. The number of benzene rings is 1. The van der Waals surface area contributed by atoms with Gasteiger partial charge in [0.25, 0.3) is 5.91 Å². The first-order valence-electron chi connectivity index (χ1n) is 10.7. The Balaban J connectivity index is 1.50. The number of ether oxygens (including phenoxy) is 1. The summed E-state index contributed by atoms with van der Waals surface area (Å²) in [4.78, 5) is 31.0. The predicted molar refractivity (Wildman–Crippen MR) is 118 cm³/mol. The molecule has 0 atom stereocenters. The van der Waals surface area contributed by atoms with Crippen molar-refractivity contribution in [2.45, 2.75) is 25.9 Å². The van der Waals surface area contributed by atoms with E-state index in [4.69, 9.17) is 4.74 Å². The largest absolute Gasteiger partial charge is 0.462 e. The number of nitrogens with zero attached hydrogens (tertiary/aromatic N) is 4. The molecule has 0 radical (unpaired) electrons. The van der Waals surface area contributed by atoms with Crippen molar-refractivity contribution in [3.05, 3.63) is 65.6 Å². The highest BCUT2D eigenvalue weighted by Crippen LogP contribution is 2.34. The number of carbonyl (C=O) groups is 2. The molecule has 1 amide bonds. The van der Waals surface area contributed by atoms with Crippen LogP contribution in [0.2, 0.25) is 0 Å². The van der Waals surface area contributed by atoms with Gasteiger partial charge in [-0.3, -0.25) is 4.79 Å². The fraction of sp³-hybridized carbons (Fsp3) is 0.304.